The third kappa shape index (κ3) is 3.86. The minimum Gasteiger partial charge on any atom is -0.497 e. The van der Waals surface area contributed by atoms with Gasteiger partial charge in [-0.25, -0.2) is 0 Å². The van der Waals surface area contributed by atoms with Crippen LogP contribution < -0.4 is 10.1 Å². The number of nitrogens with zero attached hydrogens (tertiary/aromatic N) is 1. The van der Waals surface area contributed by atoms with E-state index in [4.69, 9.17) is 9.15 Å². The lowest BCUT2D eigenvalue weighted by atomic mass is 10.1. The Balaban J connectivity index is 2.03. The lowest BCUT2D eigenvalue weighted by molar-refractivity contribution is 0.0914. The predicted molar refractivity (Wildman–Crippen MR) is 80.5 cm³/mol. The van der Waals surface area contributed by atoms with Gasteiger partial charge in [-0.15, -0.1) is 0 Å². The van der Waals surface area contributed by atoms with Gasteiger partial charge in [0, 0.05) is 6.54 Å². The Morgan fingerprint density at radius 1 is 1.29 bits per heavy atom. The first kappa shape index (κ1) is 15.1. The fourth-order valence-electron chi connectivity index (χ4n) is 2.11. The third-order valence-corrected chi connectivity index (χ3v) is 3.32. The fraction of sp³-hybridized carbons (Fsp3) is 0.312. The number of carbonyl (C=O) groups is 1. The van der Waals surface area contributed by atoms with Crippen LogP contribution in [0.25, 0.3) is 0 Å². The Morgan fingerprint density at radius 2 is 2.00 bits per heavy atom. The average Bonchev–Trinajstić information content (AvgIpc) is 3.02. The Hall–Kier alpha value is -2.27. The van der Waals surface area contributed by atoms with Crippen LogP contribution in [-0.4, -0.2) is 38.6 Å². The number of carbonyl (C=O) groups excluding carboxylic acids is 1. The maximum absolute atomic E-state index is 11.9. The molecule has 1 amide bonds. The Bertz CT molecular complexity index is 562. The smallest absolute Gasteiger partial charge is 0.287 e. The number of furan rings is 1. The topological polar surface area (TPSA) is 54.7 Å². The molecule has 0 bridgehead atoms. The summed E-state index contributed by atoms with van der Waals surface area (Å²) >= 11 is 0. The molecule has 1 N–H and O–H groups in total. The van der Waals surface area contributed by atoms with E-state index in [2.05, 4.69) is 10.2 Å². The summed E-state index contributed by atoms with van der Waals surface area (Å²) in [4.78, 5) is 14.0. The molecule has 5 nitrogen and oxygen atoms in total. The molecule has 21 heavy (non-hydrogen) atoms. The van der Waals surface area contributed by atoms with Crippen LogP contribution in [0.1, 0.15) is 22.2 Å². The van der Waals surface area contributed by atoms with Crippen molar-refractivity contribution in [3.8, 4) is 5.75 Å². The molecule has 0 fully saturated rings. The number of methoxy groups -OCH3 is 1. The quantitative estimate of drug-likeness (QED) is 0.886. The van der Waals surface area contributed by atoms with Gasteiger partial charge in [-0.05, 0) is 43.9 Å². The standard InChI is InChI=1S/C16H20N2O3/c1-18(2)14(12-6-8-13(20-3)9-7-12)11-17-16(19)15-5-4-10-21-15/h4-10,14H,11H2,1-3H3,(H,17,19). The van der Waals surface area contributed by atoms with Crippen molar-refractivity contribution in [2.45, 2.75) is 6.04 Å². The summed E-state index contributed by atoms with van der Waals surface area (Å²) in [5.74, 6) is 0.929. The summed E-state index contributed by atoms with van der Waals surface area (Å²) < 4.78 is 10.2. The minimum atomic E-state index is -0.208. The first-order chi connectivity index (χ1) is 10.1. The summed E-state index contributed by atoms with van der Waals surface area (Å²) in [5, 5.41) is 2.89. The number of hydrogen-bond donors (Lipinski definition) is 1. The molecule has 1 unspecified atom stereocenters. The van der Waals surface area contributed by atoms with E-state index in [1.807, 2.05) is 38.4 Å². The summed E-state index contributed by atoms with van der Waals surface area (Å²) in [5.41, 5.74) is 1.11. The lowest BCUT2D eigenvalue weighted by Crippen LogP contribution is -2.34. The molecule has 0 spiro atoms. The van der Waals surface area contributed by atoms with Gasteiger partial charge in [0.15, 0.2) is 5.76 Å². The monoisotopic (exact) mass is 288 g/mol. The zero-order chi connectivity index (χ0) is 15.2. The number of rotatable bonds is 6. The fourth-order valence-corrected chi connectivity index (χ4v) is 2.11. The minimum absolute atomic E-state index is 0.0785. The van der Waals surface area contributed by atoms with Crippen molar-refractivity contribution in [2.75, 3.05) is 27.7 Å². The SMILES string of the molecule is COc1ccc(C(CNC(=O)c2ccco2)N(C)C)cc1. The van der Waals surface area contributed by atoms with Crippen LogP contribution in [0.15, 0.2) is 47.1 Å². The van der Waals surface area contributed by atoms with E-state index >= 15 is 0 Å². The summed E-state index contributed by atoms with van der Waals surface area (Å²) in [6.07, 6.45) is 1.49. The summed E-state index contributed by atoms with van der Waals surface area (Å²) in [6, 6.07) is 11.3. The van der Waals surface area contributed by atoms with Gasteiger partial charge in [-0.3, -0.25) is 4.79 Å². The van der Waals surface area contributed by atoms with Gasteiger partial charge in [0.25, 0.3) is 5.91 Å². The summed E-state index contributed by atoms with van der Waals surface area (Å²) in [6.45, 7) is 0.499. The van der Waals surface area contributed by atoms with Crippen LogP contribution in [0.3, 0.4) is 0 Å². The number of ether oxygens (including phenoxy) is 1. The zero-order valence-corrected chi connectivity index (χ0v) is 12.5. The molecule has 0 saturated carbocycles. The molecule has 0 saturated heterocycles. The van der Waals surface area contributed by atoms with Gasteiger partial charge in [0.1, 0.15) is 5.75 Å². The van der Waals surface area contributed by atoms with Gasteiger partial charge >= 0.3 is 0 Å². The molecule has 1 aromatic carbocycles. The van der Waals surface area contributed by atoms with Crippen molar-refractivity contribution in [2.24, 2.45) is 0 Å². The second kappa shape index (κ2) is 6.95. The first-order valence-corrected chi connectivity index (χ1v) is 6.74. The molecular formula is C16H20N2O3. The van der Waals surface area contributed by atoms with E-state index in [0.717, 1.165) is 11.3 Å². The molecule has 0 radical (unpaired) electrons. The van der Waals surface area contributed by atoms with Crippen LogP contribution in [0, 0.1) is 0 Å². The van der Waals surface area contributed by atoms with E-state index in [1.165, 1.54) is 6.26 Å². The van der Waals surface area contributed by atoms with Crippen molar-refractivity contribution in [3.63, 3.8) is 0 Å². The van der Waals surface area contributed by atoms with Crippen LogP contribution in [-0.2, 0) is 0 Å². The molecule has 5 heteroatoms. The predicted octanol–water partition coefficient (Wildman–Crippen LogP) is 2.32. The Labute approximate surface area is 124 Å². The van der Waals surface area contributed by atoms with Gasteiger partial charge in [-0.1, -0.05) is 12.1 Å². The highest BCUT2D eigenvalue weighted by molar-refractivity contribution is 5.91. The van der Waals surface area contributed by atoms with Crippen molar-refractivity contribution in [3.05, 3.63) is 54.0 Å². The maximum Gasteiger partial charge on any atom is 0.287 e. The van der Waals surface area contributed by atoms with Crippen molar-refractivity contribution in [1.82, 2.24) is 10.2 Å². The van der Waals surface area contributed by atoms with Crippen molar-refractivity contribution < 1.29 is 13.9 Å². The highest BCUT2D eigenvalue weighted by atomic mass is 16.5. The highest BCUT2D eigenvalue weighted by Crippen LogP contribution is 2.20. The van der Waals surface area contributed by atoms with Crippen molar-refractivity contribution >= 4 is 5.91 Å². The van der Waals surface area contributed by atoms with Crippen LogP contribution in [0.2, 0.25) is 0 Å². The Morgan fingerprint density at radius 3 is 2.52 bits per heavy atom. The first-order valence-electron chi connectivity index (χ1n) is 6.74. The van der Waals surface area contributed by atoms with Gasteiger partial charge < -0.3 is 19.4 Å². The van der Waals surface area contributed by atoms with E-state index < -0.39 is 0 Å². The van der Waals surface area contributed by atoms with Gasteiger partial charge in [0.05, 0.1) is 19.4 Å². The molecule has 0 aliphatic carbocycles. The lowest BCUT2D eigenvalue weighted by Gasteiger charge is -2.25. The van der Waals surface area contributed by atoms with E-state index in [9.17, 15) is 4.79 Å². The normalized spacial score (nSPS) is 12.2. The molecule has 0 aliphatic heterocycles. The van der Waals surface area contributed by atoms with Crippen LogP contribution in [0.5, 0.6) is 5.75 Å². The van der Waals surface area contributed by atoms with Crippen molar-refractivity contribution in [1.29, 1.82) is 0 Å². The zero-order valence-electron chi connectivity index (χ0n) is 12.5. The molecule has 112 valence electrons. The largest absolute Gasteiger partial charge is 0.497 e. The molecule has 0 aliphatic rings. The second-order valence-electron chi connectivity index (χ2n) is 4.94. The average molecular weight is 288 g/mol. The van der Waals surface area contributed by atoms with E-state index in [-0.39, 0.29) is 11.9 Å². The van der Waals surface area contributed by atoms with E-state index in [1.54, 1.807) is 19.2 Å². The summed E-state index contributed by atoms with van der Waals surface area (Å²) in [7, 11) is 5.60. The number of benzene rings is 1. The molecule has 1 aromatic heterocycles. The molecule has 1 atom stereocenters. The molecule has 2 aromatic rings. The second-order valence-corrected chi connectivity index (χ2v) is 4.94. The third-order valence-electron chi connectivity index (χ3n) is 3.32. The highest BCUT2D eigenvalue weighted by Gasteiger charge is 2.16. The van der Waals surface area contributed by atoms with Crippen LogP contribution >= 0.6 is 0 Å². The number of likely N-dealkylation sites (N-methyl/N-ethyl adjacent to an activating group) is 1. The van der Waals surface area contributed by atoms with Gasteiger partial charge in [0.2, 0.25) is 0 Å². The molecule has 2 rings (SSSR count). The number of nitrogens with one attached hydrogen (secondary N) is 1. The molecule has 1 heterocycles. The van der Waals surface area contributed by atoms with Gasteiger partial charge in [-0.2, -0.15) is 0 Å². The van der Waals surface area contributed by atoms with Crippen LogP contribution in [0.4, 0.5) is 0 Å². The maximum atomic E-state index is 11.9. The number of hydrogen-bond acceptors (Lipinski definition) is 4. The van der Waals surface area contributed by atoms with E-state index in [0.29, 0.717) is 12.3 Å². The molecular weight excluding hydrogens is 268 g/mol. The number of amides is 1. The Kier molecular flexibility index (Phi) is 5.00.